The number of rotatable bonds is 5. The highest BCUT2D eigenvalue weighted by Crippen LogP contribution is 1.96. The van der Waals surface area contributed by atoms with Crippen molar-refractivity contribution in [2.24, 2.45) is 0 Å². The molecule has 2 nitrogen and oxygen atoms in total. The first-order valence-electron chi connectivity index (χ1n) is 4.85. The van der Waals surface area contributed by atoms with Crippen LogP contribution in [0.2, 0.25) is 0 Å². The molecule has 0 atom stereocenters. The summed E-state index contributed by atoms with van der Waals surface area (Å²) in [6.45, 7) is 1.97. The fourth-order valence-electron chi connectivity index (χ4n) is 1.22. The Kier molecular flexibility index (Phi) is 4.74. The van der Waals surface area contributed by atoms with Crippen molar-refractivity contribution in [3.8, 4) is 12.3 Å². The van der Waals surface area contributed by atoms with Crippen LogP contribution in [0, 0.1) is 12.3 Å². The van der Waals surface area contributed by atoms with Gasteiger partial charge in [-0.2, -0.15) is 0 Å². The number of pyridine rings is 1. The Hall–Kier alpha value is -1.33. The quantitative estimate of drug-likeness (QED) is 0.652. The third-order valence-corrected chi connectivity index (χ3v) is 2.11. The first-order valence-corrected chi connectivity index (χ1v) is 4.85. The van der Waals surface area contributed by atoms with Crippen molar-refractivity contribution in [3.05, 3.63) is 30.1 Å². The number of nitrogens with zero attached hydrogens (tertiary/aromatic N) is 2. The van der Waals surface area contributed by atoms with E-state index in [0.29, 0.717) is 0 Å². The van der Waals surface area contributed by atoms with Gasteiger partial charge in [0.15, 0.2) is 0 Å². The van der Waals surface area contributed by atoms with Gasteiger partial charge in [-0.05, 0) is 19.2 Å². The highest BCUT2D eigenvalue weighted by Gasteiger charge is 1.98. The van der Waals surface area contributed by atoms with Gasteiger partial charge in [0.25, 0.3) is 0 Å². The van der Waals surface area contributed by atoms with Crippen LogP contribution in [0.1, 0.15) is 12.1 Å². The van der Waals surface area contributed by atoms with Crippen molar-refractivity contribution in [3.63, 3.8) is 0 Å². The molecule has 0 saturated heterocycles. The fourth-order valence-corrected chi connectivity index (χ4v) is 1.22. The van der Waals surface area contributed by atoms with E-state index in [9.17, 15) is 0 Å². The summed E-state index contributed by atoms with van der Waals surface area (Å²) in [6.07, 6.45) is 8.83. The average Bonchev–Trinajstić information content (AvgIpc) is 2.25. The number of likely N-dealkylation sites (N-methyl/N-ethyl adjacent to an activating group) is 1. The van der Waals surface area contributed by atoms with Gasteiger partial charge in [-0.1, -0.05) is 6.07 Å². The predicted molar refractivity (Wildman–Crippen MR) is 58.9 cm³/mol. The summed E-state index contributed by atoms with van der Waals surface area (Å²) in [7, 11) is 2.08. The second kappa shape index (κ2) is 6.17. The third kappa shape index (κ3) is 4.06. The first-order chi connectivity index (χ1) is 6.83. The Labute approximate surface area is 86.0 Å². The fraction of sp³-hybridized carbons (Fsp3) is 0.417. The lowest BCUT2D eigenvalue weighted by molar-refractivity contribution is 0.346. The van der Waals surface area contributed by atoms with Crippen LogP contribution in [-0.2, 0) is 6.42 Å². The summed E-state index contributed by atoms with van der Waals surface area (Å²) < 4.78 is 0. The molecule has 0 aromatic carbocycles. The summed E-state index contributed by atoms with van der Waals surface area (Å²) in [5.74, 6) is 2.64. The molecule has 0 fully saturated rings. The maximum atomic E-state index is 5.20. The van der Waals surface area contributed by atoms with Crippen LogP contribution >= 0.6 is 0 Å². The predicted octanol–water partition coefficient (Wildman–Crippen LogP) is 1.58. The zero-order valence-corrected chi connectivity index (χ0v) is 8.61. The van der Waals surface area contributed by atoms with E-state index in [4.69, 9.17) is 6.42 Å². The van der Waals surface area contributed by atoms with E-state index in [2.05, 4.69) is 28.9 Å². The summed E-state index contributed by atoms with van der Waals surface area (Å²) in [5.41, 5.74) is 1.14. The molecular weight excluding hydrogens is 172 g/mol. The number of hydrogen-bond acceptors (Lipinski definition) is 2. The maximum Gasteiger partial charge on any atom is 0.0416 e. The Morgan fingerprint density at radius 3 is 2.93 bits per heavy atom. The molecule has 0 aliphatic heterocycles. The van der Waals surface area contributed by atoms with Crippen molar-refractivity contribution < 1.29 is 0 Å². The smallest absolute Gasteiger partial charge is 0.0416 e. The molecule has 1 heterocycles. The molecule has 2 heteroatoms. The van der Waals surface area contributed by atoms with Gasteiger partial charge in [0, 0.05) is 37.8 Å². The summed E-state index contributed by atoms with van der Waals surface area (Å²) in [4.78, 5) is 6.49. The van der Waals surface area contributed by atoms with E-state index < -0.39 is 0 Å². The molecule has 14 heavy (non-hydrogen) atoms. The van der Waals surface area contributed by atoms with Crippen LogP contribution in [-0.4, -0.2) is 30.0 Å². The van der Waals surface area contributed by atoms with Gasteiger partial charge in [-0.15, -0.1) is 12.3 Å². The molecule has 0 aliphatic carbocycles. The zero-order valence-electron chi connectivity index (χ0n) is 8.61. The van der Waals surface area contributed by atoms with Crippen LogP contribution < -0.4 is 0 Å². The zero-order chi connectivity index (χ0) is 10.2. The molecule has 0 radical (unpaired) electrons. The van der Waals surface area contributed by atoms with Crippen molar-refractivity contribution >= 4 is 0 Å². The van der Waals surface area contributed by atoms with Gasteiger partial charge < -0.3 is 4.90 Å². The topological polar surface area (TPSA) is 16.1 Å². The molecule has 0 unspecified atom stereocenters. The van der Waals surface area contributed by atoms with Gasteiger partial charge in [0.2, 0.25) is 0 Å². The number of terminal acetylenes is 1. The molecule has 0 amide bonds. The largest absolute Gasteiger partial charge is 0.305 e. The SMILES string of the molecule is C#CCCN(C)CCc1ccccn1. The van der Waals surface area contributed by atoms with Crippen LogP contribution in [0.25, 0.3) is 0 Å². The monoisotopic (exact) mass is 188 g/mol. The number of hydrogen-bond donors (Lipinski definition) is 0. The highest BCUT2D eigenvalue weighted by molar-refractivity contribution is 5.03. The van der Waals surface area contributed by atoms with Crippen LogP contribution in [0.15, 0.2) is 24.4 Å². The summed E-state index contributed by atoms with van der Waals surface area (Å²) >= 11 is 0. The third-order valence-electron chi connectivity index (χ3n) is 2.11. The Morgan fingerprint density at radius 2 is 2.29 bits per heavy atom. The molecule has 0 aliphatic rings. The second-order valence-electron chi connectivity index (χ2n) is 3.33. The van der Waals surface area contributed by atoms with Gasteiger partial charge in [-0.3, -0.25) is 4.98 Å². The lowest BCUT2D eigenvalue weighted by Crippen LogP contribution is -2.22. The minimum atomic E-state index is 0.818. The molecule has 1 aromatic rings. The van der Waals surface area contributed by atoms with E-state index in [1.807, 2.05) is 18.3 Å². The van der Waals surface area contributed by atoms with Crippen molar-refractivity contribution in [2.45, 2.75) is 12.8 Å². The lowest BCUT2D eigenvalue weighted by atomic mass is 10.2. The molecule has 0 spiro atoms. The van der Waals surface area contributed by atoms with Gasteiger partial charge in [-0.25, -0.2) is 0 Å². The Balaban J connectivity index is 2.24. The molecule has 0 N–H and O–H groups in total. The minimum Gasteiger partial charge on any atom is -0.305 e. The first kappa shape index (κ1) is 10.7. The molecule has 0 bridgehead atoms. The number of aromatic nitrogens is 1. The Bertz CT molecular complexity index is 287. The van der Waals surface area contributed by atoms with Gasteiger partial charge in [0.05, 0.1) is 0 Å². The van der Waals surface area contributed by atoms with E-state index in [0.717, 1.165) is 31.6 Å². The second-order valence-corrected chi connectivity index (χ2v) is 3.33. The van der Waals surface area contributed by atoms with Crippen LogP contribution in [0.3, 0.4) is 0 Å². The van der Waals surface area contributed by atoms with Gasteiger partial charge >= 0.3 is 0 Å². The standard InChI is InChI=1S/C12H16N2/c1-3-4-10-14(2)11-8-12-7-5-6-9-13-12/h1,5-7,9H,4,8,10-11H2,2H3. The van der Waals surface area contributed by atoms with E-state index in [-0.39, 0.29) is 0 Å². The molecule has 1 aromatic heterocycles. The molecular formula is C12H16N2. The van der Waals surface area contributed by atoms with Crippen molar-refractivity contribution in [2.75, 3.05) is 20.1 Å². The summed E-state index contributed by atoms with van der Waals surface area (Å²) in [5, 5.41) is 0. The molecule has 0 saturated carbocycles. The van der Waals surface area contributed by atoms with Gasteiger partial charge in [0.1, 0.15) is 0 Å². The highest BCUT2D eigenvalue weighted by atomic mass is 15.1. The normalized spacial score (nSPS) is 10.1. The minimum absolute atomic E-state index is 0.818. The van der Waals surface area contributed by atoms with E-state index in [1.165, 1.54) is 0 Å². The average molecular weight is 188 g/mol. The summed E-state index contributed by atoms with van der Waals surface area (Å²) in [6, 6.07) is 6.00. The van der Waals surface area contributed by atoms with Crippen molar-refractivity contribution in [1.29, 1.82) is 0 Å². The van der Waals surface area contributed by atoms with Crippen LogP contribution in [0.4, 0.5) is 0 Å². The van der Waals surface area contributed by atoms with Crippen molar-refractivity contribution in [1.82, 2.24) is 9.88 Å². The van der Waals surface area contributed by atoms with Crippen LogP contribution in [0.5, 0.6) is 0 Å². The molecule has 74 valence electrons. The van der Waals surface area contributed by atoms with E-state index >= 15 is 0 Å². The molecule has 1 rings (SSSR count). The van der Waals surface area contributed by atoms with E-state index in [1.54, 1.807) is 0 Å². The lowest BCUT2D eigenvalue weighted by Gasteiger charge is -2.14. The maximum absolute atomic E-state index is 5.20. The Morgan fingerprint density at radius 1 is 1.43 bits per heavy atom.